The van der Waals surface area contributed by atoms with Gasteiger partial charge >= 0.3 is 0 Å². The molecule has 0 bridgehead atoms. The van der Waals surface area contributed by atoms with Gasteiger partial charge in [-0.1, -0.05) is 0 Å². The normalized spacial score (nSPS) is 10.5. The van der Waals surface area contributed by atoms with Crippen LogP contribution in [0.1, 0.15) is 0 Å². The van der Waals surface area contributed by atoms with E-state index in [4.69, 9.17) is 4.98 Å². The summed E-state index contributed by atoms with van der Waals surface area (Å²) in [5, 5.41) is 0. The first-order valence-electron chi connectivity index (χ1n) is 7.36. The Morgan fingerprint density at radius 2 is 1.54 bits per heavy atom. The predicted octanol–water partition coefficient (Wildman–Crippen LogP) is 3.06. The molecule has 6 heteroatoms. The maximum absolute atomic E-state index is 4.75. The van der Waals surface area contributed by atoms with Gasteiger partial charge in [0.2, 0.25) is 0 Å². The van der Waals surface area contributed by atoms with E-state index in [1.807, 2.05) is 30.3 Å². The van der Waals surface area contributed by atoms with Crippen LogP contribution in [0.15, 0.2) is 73.8 Å². The van der Waals surface area contributed by atoms with Gasteiger partial charge in [0.05, 0.1) is 11.4 Å². The fourth-order valence-corrected chi connectivity index (χ4v) is 2.38. The van der Waals surface area contributed by atoms with Crippen molar-refractivity contribution >= 4 is 0 Å². The average Bonchev–Trinajstić information content (AvgIpc) is 2.69. The molecule has 0 atom stereocenters. The SMILES string of the molecule is c1cncc(-c2nc(-c3ccncc3)ncc2-c2ccncn2)c1. The number of pyridine rings is 2. The molecule has 0 aliphatic heterocycles. The fraction of sp³-hybridized carbons (Fsp3) is 0. The first-order chi connectivity index (χ1) is 11.9. The second-order valence-corrected chi connectivity index (χ2v) is 5.03. The van der Waals surface area contributed by atoms with Gasteiger partial charge in [-0.25, -0.2) is 19.9 Å². The first kappa shape index (κ1) is 14.1. The highest BCUT2D eigenvalue weighted by atomic mass is 14.9. The van der Waals surface area contributed by atoms with Crippen LogP contribution in [0.5, 0.6) is 0 Å². The van der Waals surface area contributed by atoms with Crippen LogP contribution in [0.4, 0.5) is 0 Å². The van der Waals surface area contributed by atoms with E-state index in [2.05, 4.69) is 24.9 Å². The zero-order valence-corrected chi connectivity index (χ0v) is 12.6. The molecule has 0 aromatic carbocycles. The van der Waals surface area contributed by atoms with Gasteiger partial charge in [0.25, 0.3) is 0 Å². The van der Waals surface area contributed by atoms with Crippen LogP contribution < -0.4 is 0 Å². The largest absolute Gasteiger partial charge is 0.265 e. The first-order valence-corrected chi connectivity index (χ1v) is 7.36. The molecule has 0 unspecified atom stereocenters. The highest BCUT2D eigenvalue weighted by molar-refractivity contribution is 5.79. The van der Waals surface area contributed by atoms with Crippen LogP contribution >= 0.6 is 0 Å². The second-order valence-electron chi connectivity index (χ2n) is 5.03. The van der Waals surface area contributed by atoms with E-state index in [-0.39, 0.29) is 0 Å². The highest BCUT2D eigenvalue weighted by Gasteiger charge is 2.13. The molecule has 4 heterocycles. The zero-order chi connectivity index (χ0) is 16.2. The van der Waals surface area contributed by atoms with Gasteiger partial charge in [-0.2, -0.15) is 0 Å². The van der Waals surface area contributed by atoms with Crippen LogP contribution in [-0.2, 0) is 0 Å². The Bertz CT molecular complexity index is 943. The van der Waals surface area contributed by atoms with Gasteiger partial charge in [0.1, 0.15) is 6.33 Å². The number of rotatable bonds is 3. The number of hydrogen-bond acceptors (Lipinski definition) is 6. The third-order valence-corrected chi connectivity index (χ3v) is 3.52. The Labute approximate surface area is 138 Å². The lowest BCUT2D eigenvalue weighted by atomic mass is 10.1. The Morgan fingerprint density at radius 1 is 0.667 bits per heavy atom. The summed E-state index contributed by atoms with van der Waals surface area (Å²) in [4.78, 5) is 25.8. The van der Waals surface area contributed by atoms with E-state index in [0.29, 0.717) is 5.82 Å². The van der Waals surface area contributed by atoms with Crippen LogP contribution in [-0.4, -0.2) is 29.9 Å². The van der Waals surface area contributed by atoms with E-state index in [1.54, 1.807) is 37.2 Å². The lowest BCUT2D eigenvalue weighted by molar-refractivity contribution is 1.13. The summed E-state index contributed by atoms with van der Waals surface area (Å²) in [6, 6.07) is 9.45. The van der Waals surface area contributed by atoms with Crippen molar-refractivity contribution in [3.63, 3.8) is 0 Å². The summed E-state index contributed by atoms with van der Waals surface area (Å²) < 4.78 is 0. The van der Waals surface area contributed by atoms with Gasteiger partial charge in [-0.05, 0) is 30.3 Å². The van der Waals surface area contributed by atoms with E-state index in [9.17, 15) is 0 Å². The van der Waals surface area contributed by atoms with Crippen molar-refractivity contribution in [1.82, 2.24) is 29.9 Å². The molecule has 0 amide bonds. The molecule has 4 aromatic rings. The standard InChI is InChI=1S/C18H12N6/c1-2-14(10-20-6-1)17-15(16-5-9-21-12-23-16)11-22-18(24-17)13-3-7-19-8-4-13/h1-12H. The smallest absolute Gasteiger partial charge is 0.159 e. The molecular formula is C18H12N6. The molecule has 0 saturated heterocycles. The van der Waals surface area contributed by atoms with Crippen molar-refractivity contribution in [2.24, 2.45) is 0 Å². The minimum Gasteiger partial charge on any atom is -0.265 e. The Morgan fingerprint density at radius 3 is 2.29 bits per heavy atom. The van der Waals surface area contributed by atoms with E-state index >= 15 is 0 Å². The fourth-order valence-electron chi connectivity index (χ4n) is 2.38. The monoisotopic (exact) mass is 312 g/mol. The average molecular weight is 312 g/mol. The Kier molecular flexibility index (Phi) is 3.69. The lowest BCUT2D eigenvalue weighted by Gasteiger charge is -2.10. The van der Waals surface area contributed by atoms with Crippen molar-refractivity contribution in [1.29, 1.82) is 0 Å². The topological polar surface area (TPSA) is 77.3 Å². The third kappa shape index (κ3) is 2.72. The van der Waals surface area contributed by atoms with E-state index in [0.717, 1.165) is 28.1 Å². The van der Waals surface area contributed by atoms with Crippen LogP contribution in [0.2, 0.25) is 0 Å². The Hall–Kier alpha value is -3.54. The highest BCUT2D eigenvalue weighted by Crippen LogP contribution is 2.29. The minimum absolute atomic E-state index is 0.633. The van der Waals surface area contributed by atoms with Crippen LogP contribution in [0, 0.1) is 0 Å². The molecular weight excluding hydrogens is 300 g/mol. The molecule has 0 radical (unpaired) electrons. The molecule has 24 heavy (non-hydrogen) atoms. The van der Waals surface area contributed by atoms with Crippen LogP contribution in [0.25, 0.3) is 33.9 Å². The third-order valence-electron chi connectivity index (χ3n) is 3.52. The molecule has 0 saturated carbocycles. The summed E-state index contributed by atoms with van der Waals surface area (Å²) in [5.41, 5.74) is 4.20. The van der Waals surface area contributed by atoms with Crippen molar-refractivity contribution in [2.75, 3.05) is 0 Å². The van der Waals surface area contributed by atoms with Crippen molar-refractivity contribution < 1.29 is 0 Å². The summed E-state index contributed by atoms with van der Waals surface area (Å²) in [6.45, 7) is 0. The van der Waals surface area contributed by atoms with Gasteiger partial charge in [0.15, 0.2) is 5.82 Å². The summed E-state index contributed by atoms with van der Waals surface area (Å²) in [6.07, 6.45) is 12.0. The molecule has 4 rings (SSSR count). The molecule has 114 valence electrons. The molecule has 0 aliphatic carbocycles. The lowest BCUT2D eigenvalue weighted by Crippen LogP contribution is -1.97. The van der Waals surface area contributed by atoms with Gasteiger partial charge in [0, 0.05) is 53.9 Å². The van der Waals surface area contributed by atoms with E-state index in [1.165, 1.54) is 6.33 Å². The predicted molar refractivity (Wildman–Crippen MR) is 89.5 cm³/mol. The Balaban J connectivity index is 1.92. The molecule has 0 fully saturated rings. The van der Waals surface area contributed by atoms with Gasteiger partial charge in [-0.15, -0.1) is 0 Å². The van der Waals surface area contributed by atoms with Crippen LogP contribution in [0.3, 0.4) is 0 Å². The quantitative estimate of drug-likeness (QED) is 0.578. The number of aromatic nitrogens is 6. The van der Waals surface area contributed by atoms with Crippen molar-refractivity contribution in [2.45, 2.75) is 0 Å². The molecule has 0 spiro atoms. The molecule has 0 aliphatic rings. The maximum Gasteiger partial charge on any atom is 0.159 e. The number of hydrogen-bond donors (Lipinski definition) is 0. The summed E-state index contributed by atoms with van der Waals surface area (Å²) in [5.74, 6) is 0.633. The maximum atomic E-state index is 4.75. The summed E-state index contributed by atoms with van der Waals surface area (Å²) in [7, 11) is 0. The summed E-state index contributed by atoms with van der Waals surface area (Å²) >= 11 is 0. The number of nitrogens with zero attached hydrogens (tertiary/aromatic N) is 6. The van der Waals surface area contributed by atoms with E-state index < -0.39 is 0 Å². The van der Waals surface area contributed by atoms with Crippen molar-refractivity contribution in [3.8, 4) is 33.9 Å². The molecule has 0 N–H and O–H groups in total. The second kappa shape index (κ2) is 6.29. The van der Waals surface area contributed by atoms with Gasteiger partial charge in [-0.3, -0.25) is 9.97 Å². The molecule has 4 aromatic heterocycles. The minimum atomic E-state index is 0.633. The zero-order valence-electron chi connectivity index (χ0n) is 12.6. The van der Waals surface area contributed by atoms with Gasteiger partial charge < -0.3 is 0 Å². The van der Waals surface area contributed by atoms with Crippen molar-refractivity contribution in [3.05, 3.63) is 73.8 Å². The molecule has 6 nitrogen and oxygen atoms in total.